The van der Waals surface area contributed by atoms with E-state index in [0.29, 0.717) is 6.42 Å². The monoisotopic (exact) mass is 132 g/mol. The zero-order valence-corrected chi connectivity index (χ0v) is 5.50. The minimum absolute atomic E-state index is 0.131. The number of aliphatic hydroxyl groups excluding tert-OH is 1. The third kappa shape index (κ3) is 5.30. The molecule has 0 amide bonds. The molecule has 3 heteroatoms. The highest BCUT2D eigenvalue weighted by atomic mass is 16.4. The molecule has 0 saturated heterocycles. The second-order valence-corrected chi connectivity index (χ2v) is 2.04. The van der Waals surface area contributed by atoms with Crippen molar-refractivity contribution < 1.29 is 15.0 Å². The van der Waals surface area contributed by atoms with Crippen molar-refractivity contribution in [2.75, 3.05) is 0 Å². The highest BCUT2D eigenvalue weighted by molar-refractivity contribution is 5.67. The van der Waals surface area contributed by atoms with Crippen LogP contribution in [-0.4, -0.2) is 22.3 Å². The number of rotatable bonds is 4. The van der Waals surface area contributed by atoms with Crippen molar-refractivity contribution in [3.8, 4) is 0 Å². The van der Waals surface area contributed by atoms with Crippen LogP contribution in [0.5, 0.6) is 0 Å². The van der Waals surface area contributed by atoms with Crippen LogP contribution in [0.1, 0.15) is 26.2 Å². The Hall–Kier alpha value is -0.570. The fourth-order valence-corrected chi connectivity index (χ4v) is 0.637. The van der Waals surface area contributed by atoms with E-state index in [0.717, 1.165) is 6.42 Å². The van der Waals surface area contributed by atoms with Gasteiger partial charge in [0.15, 0.2) is 0 Å². The van der Waals surface area contributed by atoms with E-state index in [4.69, 9.17) is 10.2 Å². The predicted molar refractivity (Wildman–Crippen MR) is 33.2 cm³/mol. The second kappa shape index (κ2) is 4.32. The van der Waals surface area contributed by atoms with Crippen LogP contribution in [0, 0.1) is 0 Å². The van der Waals surface area contributed by atoms with E-state index in [9.17, 15) is 4.79 Å². The molecule has 3 nitrogen and oxygen atoms in total. The molecule has 0 radical (unpaired) electrons. The molecule has 0 aromatic rings. The van der Waals surface area contributed by atoms with Crippen LogP contribution in [0.25, 0.3) is 0 Å². The molecule has 0 aromatic heterocycles. The van der Waals surface area contributed by atoms with Gasteiger partial charge >= 0.3 is 5.97 Å². The first-order chi connectivity index (χ1) is 4.16. The van der Waals surface area contributed by atoms with Gasteiger partial charge in [0.25, 0.3) is 0 Å². The Morgan fingerprint density at radius 3 is 2.56 bits per heavy atom. The summed E-state index contributed by atoms with van der Waals surface area (Å²) in [6.45, 7) is 1.91. The number of carboxylic acids is 1. The smallest absolute Gasteiger partial charge is 0.305 e. The Morgan fingerprint density at radius 1 is 1.67 bits per heavy atom. The van der Waals surface area contributed by atoms with E-state index in [1.165, 1.54) is 0 Å². The molecule has 9 heavy (non-hydrogen) atoms. The van der Waals surface area contributed by atoms with Gasteiger partial charge in [0.1, 0.15) is 0 Å². The molecule has 0 bridgehead atoms. The lowest BCUT2D eigenvalue weighted by Crippen LogP contribution is -2.11. The van der Waals surface area contributed by atoms with E-state index in [1.54, 1.807) is 0 Å². The van der Waals surface area contributed by atoms with Gasteiger partial charge in [0.2, 0.25) is 0 Å². The Balaban J connectivity index is 3.26. The lowest BCUT2D eigenvalue weighted by molar-refractivity contribution is -0.139. The van der Waals surface area contributed by atoms with Gasteiger partial charge in [-0.05, 0) is 6.42 Å². The molecule has 1 atom stereocenters. The molecule has 0 saturated carbocycles. The van der Waals surface area contributed by atoms with Crippen molar-refractivity contribution in [3.05, 3.63) is 0 Å². The number of aliphatic carboxylic acids is 1. The Morgan fingerprint density at radius 2 is 2.22 bits per heavy atom. The minimum atomic E-state index is -0.934. The fourth-order valence-electron chi connectivity index (χ4n) is 0.637. The minimum Gasteiger partial charge on any atom is -0.481 e. The van der Waals surface area contributed by atoms with Crippen molar-refractivity contribution in [2.24, 2.45) is 0 Å². The molecular formula is C6H12O3. The standard InChI is InChI=1S/C6H12O3/c1-2-3-5(7)4-6(8)9/h5,7H,2-4H2,1H3,(H,8,9)/t5-/m0/s1. The van der Waals surface area contributed by atoms with E-state index >= 15 is 0 Å². The van der Waals surface area contributed by atoms with Gasteiger partial charge in [-0.15, -0.1) is 0 Å². The zero-order valence-electron chi connectivity index (χ0n) is 5.50. The normalized spacial score (nSPS) is 13.1. The number of carboxylic acid groups (broad SMARTS) is 1. The molecule has 0 spiro atoms. The van der Waals surface area contributed by atoms with Crippen molar-refractivity contribution in [2.45, 2.75) is 32.3 Å². The Labute approximate surface area is 54.3 Å². The van der Waals surface area contributed by atoms with Crippen LogP contribution in [0.4, 0.5) is 0 Å². The maximum atomic E-state index is 9.92. The summed E-state index contributed by atoms with van der Waals surface area (Å²) >= 11 is 0. The van der Waals surface area contributed by atoms with Gasteiger partial charge in [-0.3, -0.25) is 4.79 Å². The number of hydrogen-bond acceptors (Lipinski definition) is 2. The maximum Gasteiger partial charge on any atom is 0.305 e. The van der Waals surface area contributed by atoms with Gasteiger partial charge in [-0.2, -0.15) is 0 Å². The molecule has 2 N–H and O–H groups in total. The molecule has 0 aliphatic carbocycles. The molecule has 0 unspecified atom stereocenters. The van der Waals surface area contributed by atoms with Crippen LogP contribution in [0.3, 0.4) is 0 Å². The third-order valence-corrected chi connectivity index (χ3v) is 1.03. The van der Waals surface area contributed by atoms with E-state index in [2.05, 4.69) is 0 Å². The number of hydrogen-bond donors (Lipinski definition) is 2. The molecule has 0 rings (SSSR count). The van der Waals surface area contributed by atoms with Crippen molar-refractivity contribution in [1.82, 2.24) is 0 Å². The first kappa shape index (κ1) is 8.43. The third-order valence-electron chi connectivity index (χ3n) is 1.03. The van der Waals surface area contributed by atoms with Crippen LogP contribution in [0.2, 0.25) is 0 Å². The summed E-state index contributed by atoms with van der Waals surface area (Å²) in [7, 11) is 0. The van der Waals surface area contributed by atoms with Gasteiger partial charge in [0, 0.05) is 0 Å². The quantitative estimate of drug-likeness (QED) is 0.589. The predicted octanol–water partition coefficient (Wildman–Crippen LogP) is 0.622. The zero-order chi connectivity index (χ0) is 7.28. The van der Waals surface area contributed by atoms with Gasteiger partial charge in [-0.25, -0.2) is 0 Å². The first-order valence-electron chi connectivity index (χ1n) is 3.06. The average molecular weight is 132 g/mol. The lowest BCUT2D eigenvalue weighted by Gasteiger charge is -2.03. The van der Waals surface area contributed by atoms with E-state index < -0.39 is 12.1 Å². The molecule has 0 aliphatic rings. The summed E-state index contributed by atoms with van der Waals surface area (Å²) in [6.07, 6.45) is 0.613. The Kier molecular flexibility index (Phi) is 4.05. The van der Waals surface area contributed by atoms with Crippen LogP contribution in [0.15, 0.2) is 0 Å². The number of carbonyl (C=O) groups is 1. The summed E-state index contributed by atoms with van der Waals surface area (Å²) in [6, 6.07) is 0. The fraction of sp³-hybridized carbons (Fsp3) is 0.833. The summed E-state index contributed by atoms with van der Waals surface area (Å²) in [5.41, 5.74) is 0. The Bertz CT molecular complexity index is 90.3. The van der Waals surface area contributed by atoms with Crippen LogP contribution in [-0.2, 0) is 4.79 Å². The molecular weight excluding hydrogens is 120 g/mol. The molecule has 0 heterocycles. The molecule has 54 valence electrons. The first-order valence-corrected chi connectivity index (χ1v) is 3.06. The molecule has 0 fully saturated rings. The topological polar surface area (TPSA) is 57.5 Å². The summed E-state index contributed by atoms with van der Waals surface area (Å²) in [5.74, 6) is -0.934. The van der Waals surface area contributed by atoms with Gasteiger partial charge in [0.05, 0.1) is 12.5 Å². The summed E-state index contributed by atoms with van der Waals surface area (Å²) in [5, 5.41) is 17.0. The van der Waals surface area contributed by atoms with Crippen LogP contribution >= 0.6 is 0 Å². The molecule has 0 aliphatic heterocycles. The van der Waals surface area contributed by atoms with Gasteiger partial charge < -0.3 is 10.2 Å². The van der Waals surface area contributed by atoms with Crippen molar-refractivity contribution in [1.29, 1.82) is 0 Å². The van der Waals surface area contributed by atoms with Crippen LogP contribution < -0.4 is 0 Å². The van der Waals surface area contributed by atoms with E-state index in [1.807, 2.05) is 6.92 Å². The van der Waals surface area contributed by atoms with Crippen molar-refractivity contribution in [3.63, 3.8) is 0 Å². The highest BCUT2D eigenvalue weighted by Gasteiger charge is 2.06. The largest absolute Gasteiger partial charge is 0.481 e. The lowest BCUT2D eigenvalue weighted by atomic mass is 10.1. The molecule has 0 aromatic carbocycles. The van der Waals surface area contributed by atoms with Gasteiger partial charge in [-0.1, -0.05) is 13.3 Å². The maximum absolute atomic E-state index is 9.92. The van der Waals surface area contributed by atoms with Crippen molar-refractivity contribution >= 4 is 5.97 Å². The summed E-state index contributed by atoms with van der Waals surface area (Å²) in [4.78, 5) is 9.92. The SMILES string of the molecule is CCC[C@H](O)CC(=O)O. The highest BCUT2D eigenvalue weighted by Crippen LogP contribution is 1.99. The number of aliphatic hydroxyl groups is 1. The second-order valence-electron chi connectivity index (χ2n) is 2.04. The summed E-state index contributed by atoms with van der Waals surface area (Å²) < 4.78 is 0. The van der Waals surface area contributed by atoms with E-state index in [-0.39, 0.29) is 6.42 Å². The average Bonchev–Trinajstić information content (AvgIpc) is 1.63.